The molecule has 0 aliphatic carbocycles. The monoisotopic (exact) mass is 198 g/mol. The Bertz CT molecular complexity index is 178. The Balaban J connectivity index is 1.94. The highest BCUT2D eigenvalue weighted by Gasteiger charge is 2.33. The average molecular weight is 198 g/mol. The highest BCUT2D eigenvalue weighted by molar-refractivity contribution is 4.89. The molecular weight excluding hydrogens is 176 g/mol. The normalized spacial score (nSPS) is 33.4. The molecule has 0 saturated carbocycles. The van der Waals surface area contributed by atoms with Crippen LogP contribution in [0.3, 0.4) is 0 Å². The van der Waals surface area contributed by atoms with E-state index in [2.05, 4.69) is 10.2 Å². The Morgan fingerprint density at radius 2 is 2.00 bits per heavy atom. The minimum absolute atomic E-state index is 0.160. The van der Waals surface area contributed by atoms with Crippen molar-refractivity contribution in [1.29, 1.82) is 0 Å². The molecule has 2 unspecified atom stereocenters. The lowest BCUT2D eigenvalue weighted by Crippen LogP contribution is -2.48. The second kappa shape index (κ2) is 4.60. The van der Waals surface area contributed by atoms with Gasteiger partial charge in [0.1, 0.15) is 0 Å². The Morgan fingerprint density at radius 3 is 2.64 bits per heavy atom. The van der Waals surface area contributed by atoms with Crippen LogP contribution in [0.15, 0.2) is 0 Å². The van der Waals surface area contributed by atoms with Crippen molar-refractivity contribution in [2.45, 2.75) is 50.8 Å². The molecule has 0 aromatic rings. The smallest absolute Gasteiger partial charge is 0.0667 e. The van der Waals surface area contributed by atoms with Gasteiger partial charge in [-0.1, -0.05) is 0 Å². The standard InChI is InChI=1S/C11H22N2O/c1-9(14)11-3-2-8-13(11)10-4-6-12-7-5-10/h9-12,14H,2-8H2,1H3. The molecule has 2 aliphatic heterocycles. The maximum Gasteiger partial charge on any atom is 0.0667 e. The molecule has 0 bridgehead atoms. The molecule has 0 aromatic heterocycles. The van der Waals surface area contributed by atoms with Crippen LogP contribution in [0.4, 0.5) is 0 Å². The maximum atomic E-state index is 9.70. The number of aliphatic hydroxyl groups excluding tert-OH is 1. The SMILES string of the molecule is CC(O)C1CCCN1C1CCNCC1. The summed E-state index contributed by atoms with van der Waals surface area (Å²) in [7, 11) is 0. The third-order valence-corrected chi connectivity index (χ3v) is 3.68. The Kier molecular flexibility index (Phi) is 3.42. The number of likely N-dealkylation sites (tertiary alicyclic amines) is 1. The lowest BCUT2D eigenvalue weighted by molar-refractivity contribution is 0.0517. The number of nitrogens with one attached hydrogen (secondary N) is 1. The average Bonchev–Trinajstić information content (AvgIpc) is 2.67. The molecule has 3 nitrogen and oxygen atoms in total. The summed E-state index contributed by atoms with van der Waals surface area (Å²) in [5.41, 5.74) is 0. The van der Waals surface area contributed by atoms with Gasteiger partial charge >= 0.3 is 0 Å². The zero-order valence-electron chi connectivity index (χ0n) is 9.08. The fourth-order valence-corrected chi connectivity index (χ4v) is 2.92. The van der Waals surface area contributed by atoms with Gasteiger partial charge in [-0.05, 0) is 52.2 Å². The van der Waals surface area contributed by atoms with E-state index in [1.165, 1.54) is 32.2 Å². The Morgan fingerprint density at radius 1 is 1.29 bits per heavy atom. The second-order valence-corrected chi connectivity index (χ2v) is 4.67. The summed E-state index contributed by atoms with van der Waals surface area (Å²) in [5, 5.41) is 13.1. The van der Waals surface area contributed by atoms with Crippen molar-refractivity contribution in [3.05, 3.63) is 0 Å². The van der Waals surface area contributed by atoms with E-state index in [9.17, 15) is 5.11 Å². The molecule has 0 aromatic carbocycles. The molecule has 14 heavy (non-hydrogen) atoms. The third-order valence-electron chi connectivity index (χ3n) is 3.68. The van der Waals surface area contributed by atoms with Crippen LogP contribution in [-0.4, -0.2) is 47.8 Å². The van der Waals surface area contributed by atoms with Gasteiger partial charge in [0, 0.05) is 12.1 Å². The van der Waals surface area contributed by atoms with Gasteiger partial charge in [-0.25, -0.2) is 0 Å². The first kappa shape index (κ1) is 10.4. The summed E-state index contributed by atoms with van der Waals surface area (Å²) < 4.78 is 0. The fraction of sp³-hybridized carbons (Fsp3) is 1.00. The molecule has 2 saturated heterocycles. The van der Waals surface area contributed by atoms with E-state index in [-0.39, 0.29) is 6.10 Å². The van der Waals surface area contributed by atoms with Crippen LogP contribution < -0.4 is 5.32 Å². The first-order valence-electron chi connectivity index (χ1n) is 5.93. The third kappa shape index (κ3) is 2.10. The predicted molar refractivity (Wildman–Crippen MR) is 57.3 cm³/mol. The molecular formula is C11H22N2O. The molecule has 2 atom stereocenters. The Hall–Kier alpha value is -0.120. The molecule has 2 aliphatic rings. The number of rotatable bonds is 2. The second-order valence-electron chi connectivity index (χ2n) is 4.67. The number of aliphatic hydroxyl groups is 1. The summed E-state index contributed by atoms with van der Waals surface area (Å²) in [6.45, 7) is 5.42. The van der Waals surface area contributed by atoms with Crippen LogP contribution in [0.1, 0.15) is 32.6 Å². The van der Waals surface area contributed by atoms with Gasteiger partial charge < -0.3 is 10.4 Å². The van der Waals surface area contributed by atoms with Crippen LogP contribution in [0, 0.1) is 0 Å². The molecule has 2 heterocycles. The number of nitrogens with zero attached hydrogens (tertiary/aromatic N) is 1. The van der Waals surface area contributed by atoms with E-state index in [1.54, 1.807) is 0 Å². The highest BCUT2D eigenvalue weighted by Crippen LogP contribution is 2.26. The number of hydrogen-bond donors (Lipinski definition) is 2. The van der Waals surface area contributed by atoms with E-state index >= 15 is 0 Å². The van der Waals surface area contributed by atoms with Crippen molar-refractivity contribution in [2.75, 3.05) is 19.6 Å². The van der Waals surface area contributed by atoms with Crippen LogP contribution in [0.25, 0.3) is 0 Å². The van der Waals surface area contributed by atoms with Crippen molar-refractivity contribution in [1.82, 2.24) is 10.2 Å². The van der Waals surface area contributed by atoms with Crippen LogP contribution in [0.5, 0.6) is 0 Å². The molecule has 0 amide bonds. The lowest BCUT2D eigenvalue weighted by atomic mass is 10.0. The number of hydrogen-bond acceptors (Lipinski definition) is 3. The van der Waals surface area contributed by atoms with Crippen molar-refractivity contribution in [3.8, 4) is 0 Å². The largest absolute Gasteiger partial charge is 0.392 e. The van der Waals surface area contributed by atoms with Gasteiger partial charge in [0.05, 0.1) is 6.10 Å². The van der Waals surface area contributed by atoms with Crippen molar-refractivity contribution in [3.63, 3.8) is 0 Å². The van der Waals surface area contributed by atoms with Gasteiger partial charge in [0.2, 0.25) is 0 Å². The molecule has 2 rings (SSSR count). The molecule has 3 heteroatoms. The fourth-order valence-electron chi connectivity index (χ4n) is 2.92. The quantitative estimate of drug-likeness (QED) is 0.681. The summed E-state index contributed by atoms with van der Waals surface area (Å²) in [4.78, 5) is 2.55. The maximum absolute atomic E-state index is 9.70. The van der Waals surface area contributed by atoms with Gasteiger partial charge in [-0.15, -0.1) is 0 Å². The first-order chi connectivity index (χ1) is 6.79. The van der Waals surface area contributed by atoms with Gasteiger partial charge in [0.15, 0.2) is 0 Å². The van der Waals surface area contributed by atoms with Crippen LogP contribution in [-0.2, 0) is 0 Å². The summed E-state index contributed by atoms with van der Waals surface area (Å²) in [6.07, 6.45) is 4.79. The lowest BCUT2D eigenvalue weighted by Gasteiger charge is -2.36. The number of piperidine rings is 1. The predicted octanol–water partition coefficient (Wildman–Crippen LogP) is 0.584. The van der Waals surface area contributed by atoms with E-state index in [4.69, 9.17) is 0 Å². The van der Waals surface area contributed by atoms with E-state index in [1.807, 2.05) is 6.92 Å². The van der Waals surface area contributed by atoms with Gasteiger partial charge in [-0.3, -0.25) is 4.90 Å². The molecule has 82 valence electrons. The molecule has 2 fully saturated rings. The topological polar surface area (TPSA) is 35.5 Å². The van der Waals surface area contributed by atoms with Crippen molar-refractivity contribution >= 4 is 0 Å². The molecule has 0 spiro atoms. The highest BCUT2D eigenvalue weighted by atomic mass is 16.3. The summed E-state index contributed by atoms with van der Waals surface area (Å²) in [5.74, 6) is 0. The van der Waals surface area contributed by atoms with Gasteiger partial charge in [0.25, 0.3) is 0 Å². The first-order valence-corrected chi connectivity index (χ1v) is 5.93. The summed E-state index contributed by atoms with van der Waals surface area (Å²) in [6, 6.07) is 1.15. The zero-order valence-corrected chi connectivity index (χ0v) is 9.08. The van der Waals surface area contributed by atoms with E-state index < -0.39 is 0 Å². The molecule has 2 N–H and O–H groups in total. The minimum atomic E-state index is -0.160. The van der Waals surface area contributed by atoms with Crippen molar-refractivity contribution in [2.24, 2.45) is 0 Å². The van der Waals surface area contributed by atoms with Gasteiger partial charge in [-0.2, -0.15) is 0 Å². The minimum Gasteiger partial charge on any atom is -0.392 e. The van der Waals surface area contributed by atoms with E-state index in [0.29, 0.717) is 6.04 Å². The summed E-state index contributed by atoms with van der Waals surface area (Å²) >= 11 is 0. The van der Waals surface area contributed by atoms with Crippen LogP contribution in [0.2, 0.25) is 0 Å². The van der Waals surface area contributed by atoms with Crippen LogP contribution >= 0.6 is 0 Å². The van der Waals surface area contributed by atoms with E-state index in [0.717, 1.165) is 19.1 Å². The Labute approximate surface area is 86.5 Å². The molecule has 0 radical (unpaired) electrons. The zero-order chi connectivity index (χ0) is 9.97. The van der Waals surface area contributed by atoms with Crippen molar-refractivity contribution < 1.29 is 5.11 Å².